The second kappa shape index (κ2) is 7.52. The Morgan fingerprint density at radius 1 is 1.28 bits per heavy atom. The van der Waals surface area contributed by atoms with Gasteiger partial charge in [-0.05, 0) is 18.8 Å². The first-order valence-electron chi connectivity index (χ1n) is 6.98. The lowest BCUT2D eigenvalue weighted by molar-refractivity contribution is -0.137. The van der Waals surface area contributed by atoms with Gasteiger partial charge >= 0.3 is 5.97 Å². The SMILES string of the molecule is CC[C@H]1[C@H](O)CC(=O)[C@@H]1CCCCCCC(=O)O. The van der Waals surface area contributed by atoms with Gasteiger partial charge in [0, 0.05) is 18.8 Å². The highest BCUT2D eigenvalue weighted by molar-refractivity contribution is 5.84. The van der Waals surface area contributed by atoms with E-state index in [9.17, 15) is 14.7 Å². The van der Waals surface area contributed by atoms with E-state index < -0.39 is 12.1 Å². The van der Waals surface area contributed by atoms with Crippen molar-refractivity contribution in [3.8, 4) is 0 Å². The maximum Gasteiger partial charge on any atom is 0.303 e. The van der Waals surface area contributed by atoms with E-state index in [0.717, 1.165) is 32.1 Å². The van der Waals surface area contributed by atoms with E-state index in [4.69, 9.17) is 5.11 Å². The number of hydrogen-bond donors (Lipinski definition) is 2. The second-order valence-electron chi connectivity index (χ2n) is 5.26. The molecule has 18 heavy (non-hydrogen) atoms. The van der Waals surface area contributed by atoms with Gasteiger partial charge in [0.05, 0.1) is 6.10 Å². The number of carbonyl (C=O) groups excluding carboxylic acids is 1. The quantitative estimate of drug-likeness (QED) is 0.654. The molecule has 0 amide bonds. The lowest BCUT2D eigenvalue weighted by atomic mass is 9.87. The Morgan fingerprint density at radius 3 is 2.56 bits per heavy atom. The number of rotatable bonds is 8. The first-order chi connectivity index (χ1) is 8.56. The van der Waals surface area contributed by atoms with Crippen molar-refractivity contribution in [1.82, 2.24) is 0 Å². The van der Waals surface area contributed by atoms with Gasteiger partial charge in [-0.15, -0.1) is 0 Å². The number of carboxylic acids is 1. The van der Waals surface area contributed by atoms with Gasteiger partial charge in [0.1, 0.15) is 5.78 Å². The summed E-state index contributed by atoms with van der Waals surface area (Å²) in [5, 5.41) is 18.2. The molecule has 104 valence electrons. The van der Waals surface area contributed by atoms with Crippen molar-refractivity contribution in [1.29, 1.82) is 0 Å². The summed E-state index contributed by atoms with van der Waals surface area (Å²) in [7, 11) is 0. The molecule has 0 saturated heterocycles. The zero-order chi connectivity index (χ0) is 13.5. The molecule has 0 aromatic heterocycles. The van der Waals surface area contributed by atoms with Crippen LogP contribution in [0.1, 0.15) is 58.3 Å². The van der Waals surface area contributed by atoms with Crippen molar-refractivity contribution < 1.29 is 19.8 Å². The van der Waals surface area contributed by atoms with Crippen LogP contribution in [-0.4, -0.2) is 28.1 Å². The molecule has 0 bridgehead atoms. The third kappa shape index (κ3) is 4.41. The minimum absolute atomic E-state index is 0.0319. The predicted octanol–water partition coefficient (Wildman–Crippen LogP) is 2.39. The van der Waals surface area contributed by atoms with Crippen molar-refractivity contribution in [2.45, 2.75) is 64.4 Å². The van der Waals surface area contributed by atoms with E-state index in [1.165, 1.54) is 0 Å². The van der Waals surface area contributed by atoms with Crippen LogP contribution >= 0.6 is 0 Å². The molecule has 3 atom stereocenters. The van der Waals surface area contributed by atoms with E-state index in [1.54, 1.807) is 0 Å². The fourth-order valence-electron chi connectivity index (χ4n) is 2.94. The van der Waals surface area contributed by atoms with E-state index in [-0.39, 0.29) is 24.0 Å². The number of unbranched alkanes of at least 4 members (excludes halogenated alkanes) is 3. The summed E-state index contributed by atoms with van der Waals surface area (Å²) < 4.78 is 0. The summed E-state index contributed by atoms with van der Waals surface area (Å²) in [5.74, 6) is -0.365. The standard InChI is InChI=1S/C14H24O4/c1-2-10-11(13(16)9-12(10)15)7-5-3-4-6-8-14(17)18/h10-12,15H,2-9H2,1H3,(H,17,18)/t10-,11-,12-/m1/s1. The van der Waals surface area contributed by atoms with Gasteiger partial charge in [-0.3, -0.25) is 9.59 Å². The average molecular weight is 256 g/mol. The highest BCUT2D eigenvalue weighted by Crippen LogP contribution is 2.35. The molecule has 0 heterocycles. The van der Waals surface area contributed by atoms with E-state index in [2.05, 4.69) is 0 Å². The molecule has 1 fully saturated rings. The third-order valence-electron chi connectivity index (χ3n) is 3.96. The van der Waals surface area contributed by atoms with Crippen molar-refractivity contribution in [2.75, 3.05) is 0 Å². The van der Waals surface area contributed by atoms with Gasteiger partial charge in [0.2, 0.25) is 0 Å². The largest absolute Gasteiger partial charge is 0.481 e. The maximum atomic E-state index is 11.7. The number of aliphatic hydroxyl groups is 1. The highest BCUT2D eigenvalue weighted by Gasteiger charge is 2.39. The van der Waals surface area contributed by atoms with Crippen LogP contribution in [0.4, 0.5) is 0 Å². The smallest absolute Gasteiger partial charge is 0.303 e. The molecule has 4 nitrogen and oxygen atoms in total. The summed E-state index contributed by atoms with van der Waals surface area (Å²) in [6.45, 7) is 2.02. The Balaban J connectivity index is 2.18. The highest BCUT2D eigenvalue weighted by atomic mass is 16.4. The Kier molecular flexibility index (Phi) is 6.33. The van der Waals surface area contributed by atoms with Gasteiger partial charge in [0.15, 0.2) is 0 Å². The number of Topliss-reactive ketones (excluding diaryl/α,β-unsaturated/α-hetero) is 1. The molecule has 1 rings (SSSR count). The van der Waals surface area contributed by atoms with Gasteiger partial charge < -0.3 is 10.2 Å². The summed E-state index contributed by atoms with van der Waals surface area (Å²) in [5.41, 5.74) is 0. The summed E-state index contributed by atoms with van der Waals surface area (Å²) in [4.78, 5) is 22.1. The number of carbonyl (C=O) groups is 2. The maximum absolute atomic E-state index is 11.7. The van der Waals surface area contributed by atoms with E-state index in [1.807, 2.05) is 6.92 Å². The number of carboxylic acid groups (broad SMARTS) is 1. The Hall–Kier alpha value is -0.900. The molecular weight excluding hydrogens is 232 g/mol. The molecule has 1 aliphatic carbocycles. The molecule has 1 saturated carbocycles. The van der Waals surface area contributed by atoms with Crippen molar-refractivity contribution in [2.24, 2.45) is 11.8 Å². The fraction of sp³-hybridized carbons (Fsp3) is 0.857. The normalized spacial score (nSPS) is 27.7. The van der Waals surface area contributed by atoms with E-state index >= 15 is 0 Å². The van der Waals surface area contributed by atoms with E-state index in [0.29, 0.717) is 12.8 Å². The lowest BCUT2D eigenvalue weighted by Crippen LogP contribution is -2.19. The van der Waals surface area contributed by atoms with Crippen LogP contribution in [0.5, 0.6) is 0 Å². The molecule has 0 spiro atoms. The first kappa shape index (κ1) is 15.2. The molecule has 2 N–H and O–H groups in total. The second-order valence-corrected chi connectivity index (χ2v) is 5.26. The minimum atomic E-state index is -0.741. The number of hydrogen-bond acceptors (Lipinski definition) is 3. The molecule has 1 aliphatic rings. The van der Waals surface area contributed by atoms with Crippen LogP contribution < -0.4 is 0 Å². The molecule has 4 heteroatoms. The fourth-order valence-corrected chi connectivity index (χ4v) is 2.94. The van der Waals surface area contributed by atoms with Crippen LogP contribution in [0.15, 0.2) is 0 Å². The van der Waals surface area contributed by atoms with Gasteiger partial charge in [-0.25, -0.2) is 0 Å². The molecule has 0 aromatic carbocycles. The molecule has 0 aliphatic heterocycles. The van der Waals surface area contributed by atoms with Crippen molar-refractivity contribution in [3.63, 3.8) is 0 Å². The Bertz CT molecular complexity index is 288. The van der Waals surface area contributed by atoms with Crippen LogP contribution in [0, 0.1) is 11.8 Å². The van der Waals surface area contributed by atoms with Crippen LogP contribution in [0.25, 0.3) is 0 Å². The number of aliphatic hydroxyl groups excluding tert-OH is 1. The average Bonchev–Trinajstić information content (AvgIpc) is 2.57. The minimum Gasteiger partial charge on any atom is -0.481 e. The van der Waals surface area contributed by atoms with Crippen molar-refractivity contribution in [3.05, 3.63) is 0 Å². The monoisotopic (exact) mass is 256 g/mol. The number of aliphatic carboxylic acids is 1. The summed E-state index contributed by atoms with van der Waals surface area (Å²) >= 11 is 0. The third-order valence-corrected chi connectivity index (χ3v) is 3.96. The molecule has 0 radical (unpaired) electrons. The van der Waals surface area contributed by atoms with Gasteiger partial charge in [-0.2, -0.15) is 0 Å². The molecular formula is C14H24O4. The number of ketones is 1. The van der Waals surface area contributed by atoms with Gasteiger partial charge in [-0.1, -0.05) is 32.6 Å². The topological polar surface area (TPSA) is 74.6 Å². The Morgan fingerprint density at radius 2 is 1.94 bits per heavy atom. The van der Waals surface area contributed by atoms with Gasteiger partial charge in [0.25, 0.3) is 0 Å². The lowest BCUT2D eigenvalue weighted by Gasteiger charge is -2.18. The van der Waals surface area contributed by atoms with Crippen LogP contribution in [-0.2, 0) is 9.59 Å². The van der Waals surface area contributed by atoms with Crippen LogP contribution in [0.3, 0.4) is 0 Å². The Labute approximate surface area is 108 Å². The molecule has 0 unspecified atom stereocenters. The first-order valence-corrected chi connectivity index (χ1v) is 6.98. The van der Waals surface area contributed by atoms with Crippen molar-refractivity contribution >= 4 is 11.8 Å². The zero-order valence-corrected chi connectivity index (χ0v) is 11.1. The zero-order valence-electron chi connectivity index (χ0n) is 11.1. The summed E-state index contributed by atoms with van der Waals surface area (Å²) in [6.07, 6.45) is 5.38. The molecule has 0 aromatic rings. The van der Waals surface area contributed by atoms with Crippen LogP contribution in [0.2, 0.25) is 0 Å². The predicted molar refractivity (Wildman–Crippen MR) is 68.2 cm³/mol. The summed E-state index contributed by atoms with van der Waals surface area (Å²) in [6, 6.07) is 0.